The summed E-state index contributed by atoms with van der Waals surface area (Å²) in [5.41, 5.74) is 2.46. The van der Waals surface area contributed by atoms with Crippen LogP contribution in [0.2, 0.25) is 0 Å². The van der Waals surface area contributed by atoms with Gasteiger partial charge in [-0.15, -0.1) is 0 Å². The van der Waals surface area contributed by atoms with Crippen LogP contribution in [-0.4, -0.2) is 98.5 Å². The molecule has 3 saturated heterocycles. The molecule has 0 radical (unpaired) electrons. The molecular formula is C54H48O14. The predicted molar refractivity (Wildman–Crippen MR) is 242 cm³/mol. The van der Waals surface area contributed by atoms with Crippen molar-refractivity contribution in [1.29, 1.82) is 0 Å². The molecule has 6 aromatic carbocycles. The molecule has 348 valence electrons. The summed E-state index contributed by atoms with van der Waals surface area (Å²) in [6.07, 6.45) is -12.4. The van der Waals surface area contributed by atoms with E-state index in [9.17, 15) is 19.2 Å². The minimum Gasteiger partial charge on any atom is -0.459 e. The van der Waals surface area contributed by atoms with Gasteiger partial charge in [-0.25, -0.2) is 19.2 Å². The van der Waals surface area contributed by atoms with Gasteiger partial charge in [0.2, 0.25) is 0 Å². The van der Waals surface area contributed by atoms with Gasteiger partial charge in [0, 0.05) is 0 Å². The summed E-state index contributed by atoms with van der Waals surface area (Å²) in [5, 5.41) is 0. The standard InChI is InChI=1S/C54H48O14/c55-49(37-23-11-3-12-24-37)61-33-42-44(65-50(56)38-25-13-4-14-26-38)46(66-51(57)39-27-15-5-16-28-39)48(67-52(58)40-29-17-6-18-30-40)54(64-42)68-47-45(60-32-36-21-9-2-10-22-36)43(41-34-62-53(47)63-41)59-31-35-19-7-1-8-20-35/h1-30,41-48,53-54H,31-34H2/t41-,42-,43-,44-,45+,46+,47-,48-,53-,54+/m1/s1. The van der Waals surface area contributed by atoms with E-state index in [0.29, 0.717) is 0 Å². The maximum atomic E-state index is 14.2. The number of carbonyl (C=O) groups is 4. The Labute approximate surface area is 392 Å². The van der Waals surface area contributed by atoms with Crippen molar-refractivity contribution in [3.05, 3.63) is 215 Å². The number of benzene rings is 6. The molecule has 3 heterocycles. The van der Waals surface area contributed by atoms with Crippen molar-refractivity contribution >= 4 is 23.9 Å². The Morgan fingerprint density at radius 1 is 0.426 bits per heavy atom. The first-order valence-electron chi connectivity index (χ1n) is 22.3. The maximum Gasteiger partial charge on any atom is 0.338 e. The van der Waals surface area contributed by atoms with Crippen LogP contribution in [0.4, 0.5) is 0 Å². The van der Waals surface area contributed by atoms with E-state index in [1.165, 1.54) is 0 Å². The smallest absolute Gasteiger partial charge is 0.338 e. The van der Waals surface area contributed by atoms with Crippen LogP contribution < -0.4 is 0 Å². The fraction of sp³-hybridized carbons (Fsp3) is 0.259. The lowest BCUT2D eigenvalue weighted by atomic mass is 9.96. The molecule has 0 aliphatic carbocycles. The Morgan fingerprint density at radius 2 is 0.838 bits per heavy atom. The number of hydrogen-bond acceptors (Lipinski definition) is 14. The highest BCUT2D eigenvalue weighted by Crippen LogP contribution is 2.39. The zero-order chi connectivity index (χ0) is 46.7. The molecule has 0 spiro atoms. The van der Waals surface area contributed by atoms with Gasteiger partial charge in [0.15, 0.2) is 30.9 Å². The summed E-state index contributed by atoms with van der Waals surface area (Å²) in [6.45, 7) is -0.0636. The molecule has 0 unspecified atom stereocenters. The van der Waals surface area contributed by atoms with Gasteiger partial charge in [-0.1, -0.05) is 133 Å². The molecule has 14 heteroatoms. The van der Waals surface area contributed by atoms with Crippen molar-refractivity contribution in [2.75, 3.05) is 13.2 Å². The predicted octanol–water partition coefficient (Wildman–Crippen LogP) is 7.56. The van der Waals surface area contributed by atoms with Gasteiger partial charge in [-0.3, -0.25) is 0 Å². The summed E-state index contributed by atoms with van der Waals surface area (Å²) in [5.74, 6) is -3.23. The molecule has 3 fully saturated rings. The van der Waals surface area contributed by atoms with Crippen molar-refractivity contribution in [2.24, 2.45) is 0 Å². The molecule has 3 aliphatic rings. The first-order chi connectivity index (χ1) is 33.4. The van der Waals surface area contributed by atoms with Crippen molar-refractivity contribution in [3.8, 4) is 0 Å². The molecular weight excluding hydrogens is 873 g/mol. The van der Waals surface area contributed by atoms with Gasteiger partial charge in [0.05, 0.1) is 42.1 Å². The SMILES string of the molecule is O=C(OC[C@H]1O[C@@H](O[C@H]2[C@@H]3OC[C@@H](O3)[C@@H](OCc3ccccc3)[C@@H]2OCc2ccccc2)[C@H](OC(=O)c2ccccc2)[C@@H](OC(=O)c2ccccc2)[C@@H]1OC(=O)c1ccccc1)c1ccccc1. The molecule has 6 aromatic rings. The number of rotatable bonds is 17. The van der Waals surface area contributed by atoms with Crippen LogP contribution in [0.3, 0.4) is 0 Å². The molecule has 14 nitrogen and oxygen atoms in total. The second kappa shape index (κ2) is 22.2. The number of fused-ring (bicyclic) bond motifs is 2. The van der Waals surface area contributed by atoms with Crippen LogP contribution in [0.15, 0.2) is 182 Å². The Morgan fingerprint density at radius 3 is 1.32 bits per heavy atom. The van der Waals surface area contributed by atoms with E-state index in [0.717, 1.165) is 11.1 Å². The van der Waals surface area contributed by atoms with Crippen molar-refractivity contribution in [2.45, 2.75) is 74.6 Å². The zero-order valence-electron chi connectivity index (χ0n) is 36.6. The van der Waals surface area contributed by atoms with E-state index in [1.54, 1.807) is 121 Å². The van der Waals surface area contributed by atoms with E-state index in [1.807, 2.05) is 60.7 Å². The molecule has 10 atom stereocenters. The second-order valence-electron chi connectivity index (χ2n) is 16.2. The fourth-order valence-electron chi connectivity index (χ4n) is 8.20. The Balaban J connectivity index is 1.12. The number of hydrogen-bond donors (Lipinski definition) is 0. The van der Waals surface area contributed by atoms with E-state index in [-0.39, 0.29) is 42.1 Å². The minimum absolute atomic E-state index is 0.139. The third-order valence-electron chi connectivity index (χ3n) is 11.6. The monoisotopic (exact) mass is 920 g/mol. The Kier molecular flexibility index (Phi) is 15.0. The first-order valence-corrected chi connectivity index (χ1v) is 22.3. The number of carbonyl (C=O) groups excluding carboxylic acids is 4. The molecule has 0 amide bonds. The van der Waals surface area contributed by atoms with Crippen LogP contribution in [0.25, 0.3) is 0 Å². The van der Waals surface area contributed by atoms with Crippen molar-refractivity contribution in [1.82, 2.24) is 0 Å². The summed E-state index contributed by atoms with van der Waals surface area (Å²) in [4.78, 5) is 56.1. The lowest BCUT2D eigenvalue weighted by Crippen LogP contribution is -2.65. The third kappa shape index (κ3) is 11.2. The molecule has 0 N–H and O–H groups in total. The summed E-state index contributed by atoms with van der Waals surface area (Å²) >= 11 is 0. The third-order valence-corrected chi connectivity index (χ3v) is 11.6. The van der Waals surface area contributed by atoms with Gasteiger partial charge >= 0.3 is 23.9 Å². The van der Waals surface area contributed by atoms with Crippen LogP contribution in [-0.2, 0) is 60.6 Å². The first kappa shape index (κ1) is 46.1. The summed E-state index contributed by atoms with van der Waals surface area (Å²) < 4.78 is 64.3. The van der Waals surface area contributed by atoms with E-state index >= 15 is 0 Å². The van der Waals surface area contributed by atoms with Gasteiger partial charge < -0.3 is 47.4 Å². The average molecular weight is 921 g/mol. The van der Waals surface area contributed by atoms with Crippen molar-refractivity contribution < 1.29 is 66.5 Å². The summed E-state index contributed by atoms with van der Waals surface area (Å²) in [7, 11) is 0. The second-order valence-corrected chi connectivity index (χ2v) is 16.2. The van der Waals surface area contributed by atoms with Crippen LogP contribution in [0, 0.1) is 0 Å². The highest BCUT2D eigenvalue weighted by atomic mass is 16.8. The maximum absolute atomic E-state index is 14.2. The molecule has 68 heavy (non-hydrogen) atoms. The van der Waals surface area contributed by atoms with Crippen molar-refractivity contribution in [3.63, 3.8) is 0 Å². The molecule has 9 rings (SSSR count). The van der Waals surface area contributed by atoms with Gasteiger partial charge in [0.25, 0.3) is 0 Å². The molecule has 3 aliphatic heterocycles. The average Bonchev–Trinajstić information content (AvgIpc) is 3.84. The lowest BCUT2D eigenvalue weighted by molar-refractivity contribution is -0.349. The molecule has 0 saturated carbocycles. The topological polar surface area (TPSA) is 161 Å². The minimum atomic E-state index is -1.66. The summed E-state index contributed by atoms with van der Waals surface area (Å²) in [6, 6.07) is 51.9. The molecule has 0 aromatic heterocycles. The fourth-order valence-corrected chi connectivity index (χ4v) is 8.20. The highest BCUT2D eigenvalue weighted by Gasteiger charge is 2.58. The van der Waals surface area contributed by atoms with E-state index < -0.39 is 91.9 Å². The Bertz CT molecular complexity index is 2570. The number of ether oxygens (including phenoxy) is 10. The quantitative estimate of drug-likeness (QED) is 0.0651. The van der Waals surface area contributed by atoms with E-state index in [2.05, 4.69) is 0 Å². The van der Waals surface area contributed by atoms with Gasteiger partial charge in [-0.05, 0) is 59.7 Å². The highest BCUT2D eigenvalue weighted by molar-refractivity contribution is 5.91. The number of esters is 4. The zero-order valence-corrected chi connectivity index (χ0v) is 36.6. The Hall–Kier alpha value is -7.04. The lowest BCUT2D eigenvalue weighted by Gasteiger charge is -2.47. The normalized spacial score (nSPS) is 25.1. The largest absolute Gasteiger partial charge is 0.459 e. The van der Waals surface area contributed by atoms with Gasteiger partial charge in [-0.2, -0.15) is 0 Å². The van der Waals surface area contributed by atoms with Gasteiger partial charge in [0.1, 0.15) is 37.1 Å². The van der Waals surface area contributed by atoms with E-state index in [4.69, 9.17) is 47.4 Å². The van der Waals surface area contributed by atoms with Crippen LogP contribution in [0.1, 0.15) is 52.6 Å². The molecule has 2 bridgehead atoms. The van der Waals surface area contributed by atoms with Crippen LogP contribution >= 0.6 is 0 Å². The van der Waals surface area contributed by atoms with Crippen LogP contribution in [0.5, 0.6) is 0 Å².